The van der Waals surface area contributed by atoms with Crippen LogP contribution in [0.5, 0.6) is 0 Å². The number of carbonyl (C=O) groups is 1. The van der Waals surface area contributed by atoms with Gasteiger partial charge in [-0.25, -0.2) is 0 Å². The van der Waals surface area contributed by atoms with Gasteiger partial charge in [-0.3, -0.25) is 4.79 Å². The predicted molar refractivity (Wildman–Crippen MR) is 99.0 cm³/mol. The van der Waals surface area contributed by atoms with Crippen LogP contribution in [-0.2, 0) is 4.79 Å². The first-order valence-corrected chi connectivity index (χ1v) is 9.14. The summed E-state index contributed by atoms with van der Waals surface area (Å²) in [4.78, 5) is 15.4. The van der Waals surface area contributed by atoms with Crippen LogP contribution < -0.4 is 0 Å². The van der Waals surface area contributed by atoms with E-state index in [4.69, 9.17) is 0 Å². The maximum atomic E-state index is 13.4. The fourth-order valence-electron chi connectivity index (χ4n) is 3.80. The van der Waals surface area contributed by atoms with Crippen LogP contribution in [0.4, 0.5) is 0 Å². The molecular formula is C22H27NO. The Morgan fingerprint density at radius 1 is 0.833 bits per heavy atom. The van der Waals surface area contributed by atoms with Crippen molar-refractivity contribution in [2.45, 2.75) is 50.5 Å². The lowest BCUT2D eigenvalue weighted by molar-refractivity contribution is -0.132. The molecule has 2 heteroatoms. The molecule has 0 atom stereocenters. The van der Waals surface area contributed by atoms with Crippen molar-refractivity contribution in [1.29, 1.82) is 0 Å². The molecule has 1 fully saturated rings. The summed E-state index contributed by atoms with van der Waals surface area (Å²) >= 11 is 0. The molecule has 1 amide bonds. The van der Waals surface area contributed by atoms with E-state index in [1.165, 1.54) is 25.7 Å². The Balaban J connectivity index is 1.88. The number of likely N-dealkylation sites (N-methyl/N-ethyl adjacent to an activating group) is 1. The molecule has 24 heavy (non-hydrogen) atoms. The molecule has 0 bridgehead atoms. The topological polar surface area (TPSA) is 20.3 Å². The Morgan fingerprint density at radius 3 is 1.75 bits per heavy atom. The Bertz CT molecular complexity index is 590. The maximum absolute atomic E-state index is 13.4. The van der Waals surface area contributed by atoms with Gasteiger partial charge in [0.2, 0.25) is 5.91 Å². The van der Waals surface area contributed by atoms with Crippen LogP contribution in [0.2, 0.25) is 0 Å². The van der Waals surface area contributed by atoms with Crippen LogP contribution in [0.3, 0.4) is 0 Å². The van der Waals surface area contributed by atoms with Gasteiger partial charge in [-0.05, 0) is 24.0 Å². The van der Waals surface area contributed by atoms with E-state index in [1.807, 2.05) is 48.3 Å². The van der Waals surface area contributed by atoms with Gasteiger partial charge in [-0.1, -0.05) is 86.3 Å². The van der Waals surface area contributed by atoms with Crippen molar-refractivity contribution in [2.24, 2.45) is 0 Å². The fourth-order valence-corrected chi connectivity index (χ4v) is 3.80. The zero-order chi connectivity index (χ0) is 16.8. The summed E-state index contributed by atoms with van der Waals surface area (Å²) in [5, 5.41) is 0. The second-order valence-corrected chi connectivity index (χ2v) is 6.85. The molecule has 0 N–H and O–H groups in total. The Morgan fingerprint density at radius 2 is 1.29 bits per heavy atom. The van der Waals surface area contributed by atoms with Gasteiger partial charge in [0.15, 0.2) is 0 Å². The predicted octanol–water partition coefficient (Wildman–Crippen LogP) is 5.00. The number of hydrogen-bond donors (Lipinski definition) is 0. The van der Waals surface area contributed by atoms with Crippen LogP contribution >= 0.6 is 0 Å². The maximum Gasteiger partial charge on any atom is 0.234 e. The zero-order valence-electron chi connectivity index (χ0n) is 14.5. The Labute approximate surface area is 145 Å². The van der Waals surface area contributed by atoms with Crippen molar-refractivity contribution >= 4 is 5.91 Å². The molecule has 2 aromatic rings. The second-order valence-electron chi connectivity index (χ2n) is 6.85. The number of hydrogen-bond acceptors (Lipinski definition) is 1. The van der Waals surface area contributed by atoms with Crippen LogP contribution in [-0.4, -0.2) is 23.9 Å². The van der Waals surface area contributed by atoms with E-state index in [0.717, 1.165) is 24.0 Å². The zero-order valence-corrected chi connectivity index (χ0v) is 14.5. The SMILES string of the molecule is CN(C(=O)C(c1ccccc1)c1ccccc1)C1CCCCCC1. The number of nitrogens with zero attached hydrogens (tertiary/aromatic N) is 1. The highest BCUT2D eigenvalue weighted by Gasteiger charge is 2.29. The lowest BCUT2D eigenvalue weighted by Gasteiger charge is -2.31. The van der Waals surface area contributed by atoms with Crippen LogP contribution in [0, 0.1) is 0 Å². The highest BCUT2D eigenvalue weighted by atomic mass is 16.2. The van der Waals surface area contributed by atoms with Crippen molar-refractivity contribution in [3.8, 4) is 0 Å². The number of carbonyl (C=O) groups excluding carboxylic acids is 1. The molecule has 2 nitrogen and oxygen atoms in total. The van der Waals surface area contributed by atoms with Crippen molar-refractivity contribution in [1.82, 2.24) is 4.90 Å². The largest absolute Gasteiger partial charge is 0.342 e. The number of amides is 1. The van der Waals surface area contributed by atoms with Gasteiger partial charge in [0.05, 0.1) is 5.92 Å². The van der Waals surface area contributed by atoms with Gasteiger partial charge in [0, 0.05) is 13.1 Å². The van der Waals surface area contributed by atoms with Crippen LogP contribution in [0.15, 0.2) is 60.7 Å². The minimum Gasteiger partial charge on any atom is -0.342 e. The van der Waals surface area contributed by atoms with E-state index < -0.39 is 0 Å². The highest BCUT2D eigenvalue weighted by Crippen LogP contribution is 2.29. The van der Waals surface area contributed by atoms with E-state index in [0.29, 0.717) is 6.04 Å². The first-order chi connectivity index (χ1) is 11.8. The normalized spacial score (nSPS) is 15.9. The van der Waals surface area contributed by atoms with Gasteiger partial charge >= 0.3 is 0 Å². The Hall–Kier alpha value is -2.09. The molecule has 3 rings (SSSR count). The summed E-state index contributed by atoms with van der Waals surface area (Å²) in [5.74, 6) is 0.0138. The number of benzene rings is 2. The fraction of sp³-hybridized carbons (Fsp3) is 0.409. The first-order valence-electron chi connectivity index (χ1n) is 9.14. The average Bonchev–Trinajstić information content (AvgIpc) is 2.92. The molecule has 0 heterocycles. The minimum atomic E-state index is -0.208. The molecule has 1 saturated carbocycles. The molecular weight excluding hydrogens is 294 g/mol. The standard InChI is InChI=1S/C22H27NO/c1-23(20-16-10-2-3-11-17-20)22(24)21(18-12-6-4-7-13-18)19-14-8-5-9-15-19/h4-9,12-15,20-21H,2-3,10-11,16-17H2,1H3. The van der Waals surface area contributed by atoms with Crippen molar-refractivity contribution in [3.05, 3.63) is 71.8 Å². The van der Waals surface area contributed by atoms with Gasteiger partial charge in [-0.2, -0.15) is 0 Å². The average molecular weight is 321 g/mol. The monoisotopic (exact) mass is 321 g/mol. The summed E-state index contributed by atoms with van der Waals surface area (Å²) in [5.41, 5.74) is 2.16. The molecule has 0 radical (unpaired) electrons. The minimum absolute atomic E-state index is 0.208. The van der Waals surface area contributed by atoms with Gasteiger partial charge in [-0.15, -0.1) is 0 Å². The van der Waals surface area contributed by atoms with E-state index in [9.17, 15) is 4.79 Å². The smallest absolute Gasteiger partial charge is 0.234 e. The molecule has 0 unspecified atom stereocenters. The number of rotatable bonds is 4. The summed E-state index contributed by atoms with van der Waals surface area (Å²) in [6.07, 6.45) is 7.36. The summed E-state index contributed by atoms with van der Waals surface area (Å²) < 4.78 is 0. The third kappa shape index (κ3) is 3.87. The van der Waals surface area contributed by atoms with Gasteiger partial charge < -0.3 is 4.90 Å². The molecule has 0 saturated heterocycles. The summed E-state index contributed by atoms with van der Waals surface area (Å²) in [6, 6.07) is 20.7. The van der Waals surface area contributed by atoms with Crippen LogP contribution in [0.1, 0.15) is 55.6 Å². The van der Waals surface area contributed by atoms with Crippen molar-refractivity contribution < 1.29 is 4.79 Å². The van der Waals surface area contributed by atoms with Crippen LogP contribution in [0.25, 0.3) is 0 Å². The van der Waals surface area contributed by atoms with E-state index in [1.54, 1.807) is 0 Å². The van der Waals surface area contributed by atoms with E-state index in [2.05, 4.69) is 24.3 Å². The van der Waals surface area contributed by atoms with Gasteiger partial charge in [0.25, 0.3) is 0 Å². The molecule has 0 aromatic heterocycles. The van der Waals surface area contributed by atoms with Crippen molar-refractivity contribution in [2.75, 3.05) is 7.05 Å². The molecule has 1 aliphatic carbocycles. The second kappa shape index (κ2) is 8.14. The lowest BCUT2D eigenvalue weighted by Crippen LogP contribution is -2.40. The summed E-state index contributed by atoms with van der Waals surface area (Å²) in [6.45, 7) is 0. The molecule has 2 aromatic carbocycles. The molecule has 1 aliphatic rings. The Kier molecular flexibility index (Phi) is 5.68. The highest BCUT2D eigenvalue weighted by molar-refractivity contribution is 5.87. The summed E-state index contributed by atoms with van der Waals surface area (Å²) in [7, 11) is 2.00. The third-order valence-electron chi connectivity index (χ3n) is 5.23. The third-order valence-corrected chi connectivity index (χ3v) is 5.23. The van der Waals surface area contributed by atoms with Crippen molar-refractivity contribution in [3.63, 3.8) is 0 Å². The first kappa shape index (κ1) is 16.8. The molecule has 126 valence electrons. The van der Waals surface area contributed by atoms with E-state index in [-0.39, 0.29) is 11.8 Å². The molecule has 0 spiro atoms. The lowest BCUT2D eigenvalue weighted by atomic mass is 9.89. The molecule has 0 aliphatic heterocycles. The van der Waals surface area contributed by atoms with E-state index >= 15 is 0 Å². The van der Waals surface area contributed by atoms with Gasteiger partial charge in [0.1, 0.15) is 0 Å². The quantitative estimate of drug-likeness (QED) is 0.726.